The zero-order chi connectivity index (χ0) is 13.7. The second kappa shape index (κ2) is 7.04. The Bertz CT molecular complexity index is 323. The minimum Gasteiger partial charge on any atom is -0.378 e. The molecule has 2 aliphatic heterocycles. The lowest BCUT2D eigenvalue weighted by molar-refractivity contribution is -0.136. The molecule has 0 N–H and O–H groups in total. The molecule has 2 unspecified atom stereocenters. The van der Waals surface area contributed by atoms with Crippen LogP contribution >= 0.6 is 0 Å². The number of amides is 1. The number of Topliss-reactive ketones (excluding diaryl/α,β-unsaturated/α-hetero) is 1. The summed E-state index contributed by atoms with van der Waals surface area (Å²) >= 11 is 0. The van der Waals surface area contributed by atoms with Crippen molar-refractivity contribution in [2.45, 2.75) is 70.4 Å². The second-order valence-corrected chi connectivity index (χ2v) is 5.84. The third-order valence-electron chi connectivity index (χ3n) is 4.15. The van der Waals surface area contributed by atoms with Crippen molar-refractivity contribution < 1.29 is 14.3 Å². The van der Waals surface area contributed by atoms with Crippen LogP contribution in [-0.2, 0) is 14.3 Å². The van der Waals surface area contributed by atoms with Gasteiger partial charge in [-0.3, -0.25) is 9.59 Å². The number of ketones is 1. The van der Waals surface area contributed by atoms with E-state index in [1.165, 1.54) is 0 Å². The highest BCUT2D eigenvalue weighted by Crippen LogP contribution is 2.23. The van der Waals surface area contributed by atoms with Gasteiger partial charge in [0.15, 0.2) is 0 Å². The maximum atomic E-state index is 12.4. The number of rotatable bonds is 4. The Morgan fingerprint density at radius 3 is 2.63 bits per heavy atom. The van der Waals surface area contributed by atoms with Crippen LogP contribution in [0.15, 0.2) is 0 Å². The van der Waals surface area contributed by atoms with Crippen molar-refractivity contribution in [3.63, 3.8) is 0 Å². The van der Waals surface area contributed by atoms with Crippen molar-refractivity contribution >= 4 is 11.7 Å². The number of likely N-dealkylation sites (tertiary alicyclic amines) is 1. The molecule has 2 fully saturated rings. The van der Waals surface area contributed by atoms with Gasteiger partial charge in [-0.2, -0.15) is 0 Å². The van der Waals surface area contributed by atoms with E-state index in [1.54, 1.807) is 6.92 Å². The van der Waals surface area contributed by atoms with Crippen molar-refractivity contribution in [3.8, 4) is 0 Å². The Labute approximate surface area is 115 Å². The fourth-order valence-corrected chi connectivity index (χ4v) is 3.17. The first kappa shape index (κ1) is 14.5. The Morgan fingerprint density at radius 2 is 1.95 bits per heavy atom. The third kappa shape index (κ3) is 4.30. The molecule has 2 saturated heterocycles. The van der Waals surface area contributed by atoms with Crippen LogP contribution in [0, 0.1) is 0 Å². The van der Waals surface area contributed by atoms with Crippen LogP contribution in [0.4, 0.5) is 0 Å². The number of ether oxygens (including phenoxy) is 1. The number of carbonyl (C=O) groups is 2. The molecule has 0 saturated carbocycles. The minimum absolute atomic E-state index is 0.105. The quantitative estimate of drug-likeness (QED) is 0.785. The molecule has 108 valence electrons. The molecule has 0 aromatic heterocycles. The maximum Gasteiger partial charge on any atom is 0.225 e. The van der Waals surface area contributed by atoms with Gasteiger partial charge in [0, 0.05) is 25.6 Å². The molecule has 2 aliphatic rings. The Morgan fingerprint density at radius 1 is 1.11 bits per heavy atom. The summed E-state index contributed by atoms with van der Waals surface area (Å²) in [4.78, 5) is 25.8. The van der Waals surface area contributed by atoms with Crippen molar-refractivity contribution in [2.24, 2.45) is 0 Å². The van der Waals surface area contributed by atoms with Crippen molar-refractivity contribution in [3.05, 3.63) is 0 Å². The lowest BCUT2D eigenvalue weighted by Gasteiger charge is -2.30. The minimum atomic E-state index is 0.105. The maximum absolute atomic E-state index is 12.4. The van der Waals surface area contributed by atoms with Gasteiger partial charge in [-0.05, 0) is 32.6 Å². The van der Waals surface area contributed by atoms with E-state index in [0.717, 1.165) is 51.7 Å². The molecule has 2 atom stereocenters. The van der Waals surface area contributed by atoms with Gasteiger partial charge in [-0.25, -0.2) is 0 Å². The van der Waals surface area contributed by atoms with Crippen molar-refractivity contribution in [2.75, 3.05) is 13.2 Å². The van der Waals surface area contributed by atoms with E-state index >= 15 is 0 Å². The van der Waals surface area contributed by atoms with E-state index in [0.29, 0.717) is 12.8 Å². The summed E-state index contributed by atoms with van der Waals surface area (Å²) in [6.45, 7) is 3.21. The Kier molecular flexibility index (Phi) is 5.37. The summed E-state index contributed by atoms with van der Waals surface area (Å²) in [5, 5.41) is 0. The van der Waals surface area contributed by atoms with Crippen molar-refractivity contribution in [1.82, 2.24) is 4.90 Å². The van der Waals surface area contributed by atoms with Gasteiger partial charge in [-0.15, -0.1) is 0 Å². The first-order chi connectivity index (χ1) is 9.16. The number of hydrogen-bond acceptors (Lipinski definition) is 3. The largest absolute Gasteiger partial charge is 0.378 e. The Hall–Kier alpha value is -0.900. The average molecular weight is 267 g/mol. The summed E-state index contributed by atoms with van der Waals surface area (Å²) in [7, 11) is 0. The van der Waals surface area contributed by atoms with Crippen LogP contribution in [-0.4, -0.2) is 41.9 Å². The van der Waals surface area contributed by atoms with E-state index in [4.69, 9.17) is 4.74 Å². The van der Waals surface area contributed by atoms with Crippen LogP contribution in [0.25, 0.3) is 0 Å². The average Bonchev–Trinajstić information content (AvgIpc) is 2.74. The zero-order valence-corrected chi connectivity index (χ0v) is 11.9. The predicted molar refractivity (Wildman–Crippen MR) is 72.9 cm³/mol. The Balaban J connectivity index is 1.95. The van der Waals surface area contributed by atoms with Gasteiger partial charge in [0.25, 0.3) is 0 Å². The van der Waals surface area contributed by atoms with Gasteiger partial charge < -0.3 is 9.64 Å². The van der Waals surface area contributed by atoms with E-state index < -0.39 is 0 Å². The number of hydrogen-bond donors (Lipinski definition) is 0. The van der Waals surface area contributed by atoms with Gasteiger partial charge in [0.1, 0.15) is 5.78 Å². The van der Waals surface area contributed by atoms with Gasteiger partial charge in [0.2, 0.25) is 5.91 Å². The molecule has 0 radical (unpaired) electrons. The molecule has 4 heteroatoms. The van der Waals surface area contributed by atoms with Gasteiger partial charge in [-0.1, -0.05) is 12.8 Å². The number of carbonyl (C=O) groups excluding carboxylic acids is 2. The normalized spacial score (nSPS) is 28.2. The molecule has 2 rings (SSSR count). The molecule has 19 heavy (non-hydrogen) atoms. The lowest BCUT2D eigenvalue weighted by Crippen LogP contribution is -2.42. The van der Waals surface area contributed by atoms with Crippen LogP contribution in [0.2, 0.25) is 0 Å². The lowest BCUT2D eigenvalue weighted by atomic mass is 10.0. The summed E-state index contributed by atoms with van der Waals surface area (Å²) in [6.07, 6.45) is 7.49. The molecule has 0 aromatic rings. The fraction of sp³-hybridized carbons (Fsp3) is 0.867. The van der Waals surface area contributed by atoms with E-state index in [-0.39, 0.29) is 23.8 Å². The molecule has 1 amide bonds. The topological polar surface area (TPSA) is 46.6 Å². The fourth-order valence-electron chi connectivity index (χ4n) is 3.17. The third-order valence-corrected chi connectivity index (χ3v) is 4.15. The highest BCUT2D eigenvalue weighted by molar-refractivity contribution is 5.80. The van der Waals surface area contributed by atoms with E-state index in [9.17, 15) is 9.59 Å². The van der Waals surface area contributed by atoms with Crippen LogP contribution in [0.1, 0.15) is 58.3 Å². The molecular weight excluding hydrogens is 242 g/mol. The number of nitrogens with zero attached hydrogens (tertiary/aromatic N) is 1. The molecular formula is C15H25NO3. The molecule has 2 heterocycles. The van der Waals surface area contributed by atoms with Crippen molar-refractivity contribution in [1.29, 1.82) is 0 Å². The van der Waals surface area contributed by atoms with E-state index in [1.807, 2.05) is 4.90 Å². The van der Waals surface area contributed by atoms with E-state index in [2.05, 4.69) is 0 Å². The summed E-state index contributed by atoms with van der Waals surface area (Å²) in [6, 6.07) is 0.119. The highest BCUT2D eigenvalue weighted by Gasteiger charge is 2.29. The second-order valence-electron chi connectivity index (χ2n) is 5.84. The smallest absolute Gasteiger partial charge is 0.225 e. The SMILES string of the molecule is CC(=O)CC1CCCCCN1C(=O)CC1CCCO1. The highest BCUT2D eigenvalue weighted by atomic mass is 16.5. The molecule has 4 nitrogen and oxygen atoms in total. The summed E-state index contributed by atoms with van der Waals surface area (Å²) < 4.78 is 5.55. The van der Waals surface area contributed by atoms with Crippen LogP contribution < -0.4 is 0 Å². The molecule has 0 aliphatic carbocycles. The molecule has 0 aromatic carbocycles. The zero-order valence-electron chi connectivity index (χ0n) is 11.9. The van der Waals surface area contributed by atoms with Gasteiger partial charge in [0.05, 0.1) is 12.5 Å². The van der Waals surface area contributed by atoms with Gasteiger partial charge >= 0.3 is 0 Å². The first-order valence-electron chi connectivity index (χ1n) is 7.57. The summed E-state index contributed by atoms with van der Waals surface area (Å²) in [5.41, 5.74) is 0. The summed E-state index contributed by atoms with van der Waals surface area (Å²) in [5.74, 6) is 0.363. The van der Waals surface area contributed by atoms with Crippen LogP contribution in [0.5, 0.6) is 0 Å². The molecule has 0 spiro atoms. The monoisotopic (exact) mass is 267 g/mol. The first-order valence-corrected chi connectivity index (χ1v) is 7.57. The van der Waals surface area contributed by atoms with Crippen LogP contribution in [0.3, 0.4) is 0 Å². The molecule has 0 bridgehead atoms. The standard InChI is InChI=1S/C15H25NO3/c1-12(17)10-13-6-3-2-4-8-16(13)15(18)11-14-7-5-9-19-14/h13-14H,2-11H2,1H3. The predicted octanol–water partition coefficient (Wildman–Crippen LogP) is 2.31.